The maximum atomic E-state index is 12.6. The quantitative estimate of drug-likeness (QED) is 0.794. The first kappa shape index (κ1) is 16.3. The predicted octanol–water partition coefficient (Wildman–Crippen LogP) is 0.979. The molecule has 0 spiro atoms. The summed E-state index contributed by atoms with van der Waals surface area (Å²) in [5, 5.41) is 2.98. The Bertz CT molecular complexity index is 406. The molecule has 2 saturated carbocycles. The minimum Gasteiger partial charge on any atom is -0.347 e. The molecule has 2 aliphatic rings. The molecular formula is C16H29N3O2. The zero-order valence-electron chi connectivity index (χ0n) is 13.6. The number of hydrogen-bond donors (Lipinski definition) is 2. The first-order valence-electron chi connectivity index (χ1n) is 8.08. The van der Waals surface area contributed by atoms with E-state index in [0.29, 0.717) is 24.2 Å². The molecule has 0 radical (unpaired) electrons. The number of hydrogen-bond acceptors (Lipinski definition) is 3. The molecule has 2 amide bonds. The van der Waals surface area contributed by atoms with E-state index in [1.54, 1.807) is 19.0 Å². The number of likely N-dealkylation sites (N-methyl/N-ethyl adjacent to an activating group) is 1. The van der Waals surface area contributed by atoms with Gasteiger partial charge in [-0.1, -0.05) is 13.8 Å². The highest BCUT2D eigenvalue weighted by molar-refractivity contribution is 5.89. The molecule has 0 aromatic heterocycles. The molecule has 0 aromatic carbocycles. The summed E-state index contributed by atoms with van der Waals surface area (Å²) in [6.45, 7) is 4.12. The highest BCUT2D eigenvalue weighted by atomic mass is 16.2. The number of fused-ring (bicyclic) bond motifs is 2. The maximum absolute atomic E-state index is 12.6. The van der Waals surface area contributed by atoms with E-state index in [-0.39, 0.29) is 23.8 Å². The summed E-state index contributed by atoms with van der Waals surface area (Å²) in [4.78, 5) is 26.4. The van der Waals surface area contributed by atoms with E-state index in [9.17, 15) is 9.59 Å². The number of amides is 2. The number of nitrogens with zero attached hydrogens (tertiary/aromatic N) is 1. The van der Waals surface area contributed by atoms with Gasteiger partial charge in [-0.3, -0.25) is 9.59 Å². The fourth-order valence-corrected chi connectivity index (χ4v) is 4.00. The van der Waals surface area contributed by atoms with Gasteiger partial charge in [0, 0.05) is 20.1 Å². The molecule has 0 aromatic rings. The number of nitrogens with two attached hydrogens (primary N) is 1. The Labute approximate surface area is 127 Å². The van der Waals surface area contributed by atoms with Crippen LogP contribution >= 0.6 is 0 Å². The Morgan fingerprint density at radius 2 is 1.86 bits per heavy atom. The lowest BCUT2D eigenvalue weighted by molar-refractivity contribution is -0.136. The van der Waals surface area contributed by atoms with Gasteiger partial charge in [0.05, 0.1) is 5.92 Å². The van der Waals surface area contributed by atoms with Gasteiger partial charge in [-0.25, -0.2) is 0 Å². The van der Waals surface area contributed by atoms with Crippen molar-refractivity contribution >= 4 is 11.8 Å². The van der Waals surface area contributed by atoms with Crippen molar-refractivity contribution in [2.75, 3.05) is 14.1 Å². The van der Waals surface area contributed by atoms with Gasteiger partial charge >= 0.3 is 0 Å². The molecule has 5 heteroatoms. The summed E-state index contributed by atoms with van der Waals surface area (Å²) < 4.78 is 0. The molecule has 3 N–H and O–H groups in total. The molecule has 0 aliphatic heterocycles. The normalized spacial score (nSPS) is 32.3. The van der Waals surface area contributed by atoms with E-state index in [1.807, 2.05) is 0 Å². The van der Waals surface area contributed by atoms with E-state index in [2.05, 4.69) is 19.2 Å². The lowest BCUT2D eigenvalue weighted by Gasteiger charge is -2.30. The molecule has 5 nitrogen and oxygen atoms in total. The molecule has 5 atom stereocenters. The number of nitrogens with one attached hydrogen (secondary N) is 1. The molecule has 2 fully saturated rings. The van der Waals surface area contributed by atoms with Crippen molar-refractivity contribution in [3.8, 4) is 0 Å². The van der Waals surface area contributed by atoms with Gasteiger partial charge in [0.2, 0.25) is 11.8 Å². The van der Waals surface area contributed by atoms with Crippen LogP contribution in [0.2, 0.25) is 0 Å². The van der Waals surface area contributed by atoms with Gasteiger partial charge in [0.15, 0.2) is 0 Å². The molecular weight excluding hydrogens is 266 g/mol. The molecule has 5 unspecified atom stereocenters. The Balaban J connectivity index is 2.02. The fourth-order valence-electron chi connectivity index (χ4n) is 4.00. The summed E-state index contributed by atoms with van der Waals surface area (Å²) in [5.41, 5.74) is 6.22. The van der Waals surface area contributed by atoms with Gasteiger partial charge in [-0.15, -0.1) is 0 Å². The van der Waals surface area contributed by atoms with E-state index in [1.165, 1.54) is 0 Å². The number of carbonyl (C=O) groups excluding carboxylic acids is 2. The summed E-state index contributed by atoms with van der Waals surface area (Å²) >= 11 is 0. The van der Waals surface area contributed by atoms with Gasteiger partial charge in [0.1, 0.15) is 6.04 Å². The summed E-state index contributed by atoms with van der Waals surface area (Å²) in [6.07, 6.45) is 4.00. The van der Waals surface area contributed by atoms with Crippen molar-refractivity contribution < 1.29 is 9.59 Å². The monoisotopic (exact) mass is 295 g/mol. The van der Waals surface area contributed by atoms with Crippen LogP contribution < -0.4 is 11.1 Å². The lowest BCUT2D eigenvalue weighted by Crippen LogP contribution is -2.52. The van der Waals surface area contributed by atoms with Crippen molar-refractivity contribution in [1.82, 2.24) is 10.2 Å². The summed E-state index contributed by atoms with van der Waals surface area (Å²) in [6, 6.07) is -0.461. The van der Waals surface area contributed by atoms with Crippen LogP contribution in [0.25, 0.3) is 0 Å². The summed E-state index contributed by atoms with van der Waals surface area (Å²) in [7, 11) is 3.45. The first-order chi connectivity index (χ1) is 9.81. The second-order valence-corrected chi connectivity index (χ2v) is 7.36. The smallest absolute Gasteiger partial charge is 0.244 e. The molecule has 0 heterocycles. The van der Waals surface area contributed by atoms with Crippen LogP contribution in [0.3, 0.4) is 0 Å². The number of rotatable bonds is 5. The first-order valence-corrected chi connectivity index (χ1v) is 8.08. The maximum Gasteiger partial charge on any atom is 0.244 e. The highest BCUT2D eigenvalue weighted by Crippen LogP contribution is 2.47. The van der Waals surface area contributed by atoms with Crippen molar-refractivity contribution in [2.45, 2.75) is 51.6 Å². The van der Waals surface area contributed by atoms with E-state index in [0.717, 1.165) is 19.3 Å². The van der Waals surface area contributed by atoms with Crippen molar-refractivity contribution in [3.05, 3.63) is 0 Å². The SMILES string of the molecule is CC(C)CC(NC(=O)C1C2CCC(C2)C1N)C(=O)N(C)C. The van der Waals surface area contributed by atoms with Crippen LogP contribution in [0, 0.1) is 23.7 Å². The van der Waals surface area contributed by atoms with E-state index < -0.39 is 6.04 Å². The zero-order chi connectivity index (χ0) is 15.7. The zero-order valence-corrected chi connectivity index (χ0v) is 13.6. The van der Waals surface area contributed by atoms with Crippen molar-refractivity contribution in [3.63, 3.8) is 0 Å². The van der Waals surface area contributed by atoms with Gasteiger partial charge < -0.3 is 16.0 Å². The topological polar surface area (TPSA) is 75.4 Å². The third-order valence-corrected chi connectivity index (χ3v) is 5.05. The molecule has 21 heavy (non-hydrogen) atoms. The number of carbonyl (C=O) groups is 2. The Hall–Kier alpha value is -1.10. The largest absolute Gasteiger partial charge is 0.347 e. The minimum absolute atomic E-state index is 0.0180. The predicted molar refractivity (Wildman–Crippen MR) is 82.4 cm³/mol. The third kappa shape index (κ3) is 3.39. The third-order valence-electron chi connectivity index (χ3n) is 5.05. The molecule has 2 rings (SSSR count). The van der Waals surface area contributed by atoms with Crippen molar-refractivity contribution in [1.29, 1.82) is 0 Å². The van der Waals surface area contributed by atoms with Crippen LogP contribution in [-0.2, 0) is 9.59 Å². The van der Waals surface area contributed by atoms with Crippen LogP contribution in [-0.4, -0.2) is 42.9 Å². The molecule has 2 aliphatic carbocycles. The Morgan fingerprint density at radius 3 is 2.33 bits per heavy atom. The van der Waals surface area contributed by atoms with Crippen LogP contribution in [0.4, 0.5) is 0 Å². The average Bonchev–Trinajstić information content (AvgIpc) is 2.96. The molecule has 120 valence electrons. The second-order valence-electron chi connectivity index (χ2n) is 7.36. The fraction of sp³-hybridized carbons (Fsp3) is 0.875. The van der Waals surface area contributed by atoms with Gasteiger partial charge in [0.25, 0.3) is 0 Å². The van der Waals surface area contributed by atoms with E-state index >= 15 is 0 Å². The minimum atomic E-state index is -0.432. The van der Waals surface area contributed by atoms with Crippen LogP contribution in [0.15, 0.2) is 0 Å². The van der Waals surface area contributed by atoms with Crippen LogP contribution in [0.5, 0.6) is 0 Å². The van der Waals surface area contributed by atoms with Crippen LogP contribution in [0.1, 0.15) is 39.5 Å². The Kier molecular flexibility index (Phi) is 4.91. The van der Waals surface area contributed by atoms with Gasteiger partial charge in [-0.05, 0) is 43.4 Å². The summed E-state index contributed by atoms with van der Waals surface area (Å²) in [5.74, 6) is 1.11. The average molecular weight is 295 g/mol. The lowest BCUT2D eigenvalue weighted by atomic mass is 9.84. The molecule has 2 bridgehead atoms. The standard InChI is InChI=1S/C16H29N3O2/c1-9(2)7-12(16(21)19(3)4)18-15(20)13-10-5-6-11(8-10)14(13)17/h9-14H,5-8,17H2,1-4H3,(H,18,20). The molecule has 0 saturated heterocycles. The second kappa shape index (κ2) is 6.34. The van der Waals surface area contributed by atoms with E-state index in [4.69, 9.17) is 5.73 Å². The van der Waals surface area contributed by atoms with Gasteiger partial charge in [-0.2, -0.15) is 0 Å². The Morgan fingerprint density at radius 1 is 1.24 bits per heavy atom. The van der Waals surface area contributed by atoms with Crippen molar-refractivity contribution in [2.24, 2.45) is 29.4 Å². The highest BCUT2D eigenvalue weighted by Gasteiger charge is 2.49.